The number of aromatic nitrogens is 1. The van der Waals surface area contributed by atoms with Crippen molar-refractivity contribution >= 4 is 11.6 Å². The zero-order valence-corrected chi connectivity index (χ0v) is 13.3. The fourth-order valence-corrected chi connectivity index (χ4v) is 2.73. The number of rotatable bonds is 4. The van der Waals surface area contributed by atoms with Crippen LogP contribution >= 0.6 is 11.6 Å². The Morgan fingerprint density at radius 2 is 2.00 bits per heavy atom. The molecule has 3 rings (SSSR count). The first-order valence-corrected chi connectivity index (χ1v) is 7.57. The highest BCUT2D eigenvalue weighted by Crippen LogP contribution is 2.36. The van der Waals surface area contributed by atoms with Gasteiger partial charge in [0.05, 0.1) is 12.7 Å². The Morgan fingerprint density at radius 1 is 1.13 bits per heavy atom. The lowest BCUT2D eigenvalue weighted by molar-refractivity contribution is 0.413. The minimum atomic E-state index is -0.296. The first-order valence-electron chi connectivity index (χ1n) is 7.19. The smallest absolute Gasteiger partial charge is 0.138 e. The van der Waals surface area contributed by atoms with Gasteiger partial charge < -0.3 is 4.74 Å². The highest BCUT2D eigenvalue weighted by atomic mass is 35.5. The summed E-state index contributed by atoms with van der Waals surface area (Å²) >= 11 is 6.04. The number of benzene rings is 2. The second kappa shape index (κ2) is 6.80. The highest BCUT2D eigenvalue weighted by Gasteiger charge is 2.16. The second-order valence-electron chi connectivity index (χ2n) is 5.16. The Labute approximate surface area is 139 Å². The summed E-state index contributed by atoms with van der Waals surface area (Å²) in [6.45, 7) is 0. The molecule has 0 bridgehead atoms. The van der Waals surface area contributed by atoms with Gasteiger partial charge in [-0.1, -0.05) is 35.9 Å². The molecule has 0 amide bonds. The molecular weight excluding hydrogens is 313 g/mol. The van der Waals surface area contributed by atoms with Crippen LogP contribution in [0.3, 0.4) is 0 Å². The van der Waals surface area contributed by atoms with Gasteiger partial charge in [-0.2, -0.15) is 0 Å². The van der Waals surface area contributed by atoms with Crippen LogP contribution in [0.5, 0.6) is 5.75 Å². The van der Waals surface area contributed by atoms with Crippen LogP contribution < -0.4 is 4.74 Å². The Hall–Kier alpha value is -2.39. The Kier molecular flexibility index (Phi) is 4.58. The summed E-state index contributed by atoms with van der Waals surface area (Å²) in [4.78, 5) is 4.07. The van der Waals surface area contributed by atoms with E-state index in [1.54, 1.807) is 42.7 Å². The molecule has 23 heavy (non-hydrogen) atoms. The Balaban J connectivity index is 2.09. The lowest BCUT2D eigenvalue weighted by Crippen LogP contribution is -1.99. The van der Waals surface area contributed by atoms with Gasteiger partial charge >= 0.3 is 0 Å². The average molecular weight is 328 g/mol. The number of hydrogen-bond donors (Lipinski definition) is 0. The van der Waals surface area contributed by atoms with E-state index in [4.69, 9.17) is 16.3 Å². The zero-order chi connectivity index (χ0) is 16.2. The molecule has 0 aliphatic carbocycles. The van der Waals surface area contributed by atoms with Gasteiger partial charge in [-0.3, -0.25) is 4.98 Å². The Morgan fingerprint density at radius 3 is 2.70 bits per heavy atom. The van der Waals surface area contributed by atoms with Crippen LogP contribution in [0.25, 0.3) is 11.1 Å². The third-order valence-electron chi connectivity index (χ3n) is 3.63. The van der Waals surface area contributed by atoms with Crippen molar-refractivity contribution in [2.45, 2.75) is 6.42 Å². The summed E-state index contributed by atoms with van der Waals surface area (Å²) in [6.07, 6.45) is 3.91. The molecular formula is C19H15ClFNO. The summed E-state index contributed by atoms with van der Waals surface area (Å²) in [7, 11) is 1.53. The molecule has 0 saturated carbocycles. The van der Waals surface area contributed by atoms with Crippen molar-refractivity contribution in [3.63, 3.8) is 0 Å². The molecule has 3 aromatic rings. The van der Waals surface area contributed by atoms with Gasteiger partial charge in [0.15, 0.2) is 0 Å². The van der Waals surface area contributed by atoms with Crippen LogP contribution in [0.1, 0.15) is 11.1 Å². The molecule has 0 unspecified atom stereocenters. The molecule has 0 saturated heterocycles. The van der Waals surface area contributed by atoms with Gasteiger partial charge in [-0.05, 0) is 41.0 Å². The molecule has 4 heteroatoms. The van der Waals surface area contributed by atoms with Crippen molar-refractivity contribution in [3.8, 4) is 16.9 Å². The first-order chi connectivity index (χ1) is 11.2. The molecule has 2 nitrogen and oxygen atoms in total. The maximum Gasteiger partial charge on any atom is 0.138 e. The van der Waals surface area contributed by atoms with E-state index in [2.05, 4.69) is 4.98 Å². The second-order valence-corrected chi connectivity index (χ2v) is 5.60. The van der Waals surface area contributed by atoms with Crippen molar-refractivity contribution in [1.82, 2.24) is 4.98 Å². The number of pyridine rings is 1. The third-order valence-corrected chi connectivity index (χ3v) is 3.87. The highest BCUT2D eigenvalue weighted by molar-refractivity contribution is 6.30. The first kappa shape index (κ1) is 15.5. The van der Waals surface area contributed by atoms with Crippen LogP contribution in [0.15, 0.2) is 60.9 Å². The van der Waals surface area contributed by atoms with E-state index in [1.165, 1.54) is 7.11 Å². The topological polar surface area (TPSA) is 22.1 Å². The van der Waals surface area contributed by atoms with Gasteiger partial charge in [0.25, 0.3) is 0 Å². The predicted octanol–water partition coefficient (Wildman–Crippen LogP) is 5.14. The zero-order valence-electron chi connectivity index (χ0n) is 12.6. The van der Waals surface area contributed by atoms with E-state index >= 15 is 4.39 Å². The van der Waals surface area contributed by atoms with Crippen molar-refractivity contribution in [2.24, 2.45) is 0 Å². The lowest BCUT2D eigenvalue weighted by Gasteiger charge is -2.13. The van der Waals surface area contributed by atoms with E-state index in [1.807, 2.05) is 18.2 Å². The minimum absolute atomic E-state index is 0.296. The SMILES string of the molecule is COc1ccc(Cc2cccnc2)c(F)c1-c1cccc(Cl)c1. The lowest BCUT2D eigenvalue weighted by atomic mass is 9.97. The van der Waals surface area contributed by atoms with Gasteiger partial charge in [0.1, 0.15) is 11.6 Å². The molecule has 0 radical (unpaired) electrons. The van der Waals surface area contributed by atoms with E-state index in [9.17, 15) is 0 Å². The van der Waals surface area contributed by atoms with E-state index in [0.717, 1.165) is 5.56 Å². The average Bonchev–Trinajstić information content (AvgIpc) is 2.57. The molecule has 1 heterocycles. The van der Waals surface area contributed by atoms with Crippen LogP contribution in [-0.4, -0.2) is 12.1 Å². The monoisotopic (exact) mass is 327 g/mol. The van der Waals surface area contributed by atoms with E-state index in [0.29, 0.717) is 33.9 Å². The van der Waals surface area contributed by atoms with E-state index < -0.39 is 0 Å². The largest absolute Gasteiger partial charge is 0.496 e. The summed E-state index contributed by atoms with van der Waals surface area (Å²) < 4.78 is 20.4. The third kappa shape index (κ3) is 3.35. The molecule has 0 aliphatic heterocycles. The molecule has 1 aromatic heterocycles. The molecule has 0 fully saturated rings. The van der Waals surface area contributed by atoms with Crippen molar-refractivity contribution < 1.29 is 9.13 Å². The summed E-state index contributed by atoms with van der Waals surface area (Å²) in [5.74, 6) is 0.190. The van der Waals surface area contributed by atoms with Gasteiger partial charge in [0, 0.05) is 23.8 Å². The molecule has 2 aromatic carbocycles. The standard InChI is InChI=1S/C19H15ClFNO/c1-23-17-8-7-15(10-13-4-3-9-22-12-13)19(21)18(17)14-5-2-6-16(20)11-14/h2-9,11-12H,10H2,1H3. The van der Waals surface area contributed by atoms with Crippen LogP contribution in [0.2, 0.25) is 5.02 Å². The maximum absolute atomic E-state index is 15.1. The molecule has 0 N–H and O–H groups in total. The Bertz CT molecular complexity index is 821. The van der Waals surface area contributed by atoms with Crippen LogP contribution in [0, 0.1) is 5.82 Å². The number of halogens is 2. The van der Waals surface area contributed by atoms with Gasteiger partial charge in [-0.25, -0.2) is 4.39 Å². The molecule has 0 aliphatic rings. The van der Waals surface area contributed by atoms with Crippen molar-refractivity contribution in [2.75, 3.05) is 7.11 Å². The fraction of sp³-hybridized carbons (Fsp3) is 0.105. The number of hydrogen-bond acceptors (Lipinski definition) is 2. The predicted molar refractivity (Wildman–Crippen MR) is 90.4 cm³/mol. The number of ether oxygens (including phenoxy) is 1. The van der Waals surface area contributed by atoms with E-state index in [-0.39, 0.29) is 5.82 Å². The molecule has 0 atom stereocenters. The molecule has 0 spiro atoms. The fourth-order valence-electron chi connectivity index (χ4n) is 2.54. The number of nitrogens with zero attached hydrogens (tertiary/aromatic N) is 1. The van der Waals surface area contributed by atoms with Crippen molar-refractivity contribution in [3.05, 3.63) is 82.9 Å². The number of methoxy groups -OCH3 is 1. The van der Waals surface area contributed by atoms with Gasteiger partial charge in [-0.15, -0.1) is 0 Å². The van der Waals surface area contributed by atoms with Crippen molar-refractivity contribution in [1.29, 1.82) is 0 Å². The maximum atomic E-state index is 15.1. The molecule has 116 valence electrons. The summed E-state index contributed by atoms with van der Waals surface area (Å²) in [5, 5.41) is 0.557. The minimum Gasteiger partial charge on any atom is -0.496 e. The normalized spacial score (nSPS) is 10.6. The summed E-state index contributed by atoms with van der Waals surface area (Å²) in [6, 6.07) is 14.4. The quantitative estimate of drug-likeness (QED) is 0.662. The van der Waals surface area contributed by atoms with Gasteiger partial charge in [0.2, 0.25) is 0 Å². The summed E-state index contributed by atoms with van der Waals surface area (Å²) in [5.41, 5.74) is 2.67. The van der Waals surface area contributed by atoms with Crippen LogP contribution in [0.4, 0.5) is 4.39 Å². The van der Waals surface area contributed by atoms with Crippen LogP contribution in [-0.2, 0) is 6.42 Å².